The number of rotatable bonds is 2. The zero-order valence-corrected chi connectivity index (χ0v) is 10.5. The van der Waals surface area contributed by atoms with Gasteiger partial charge in [-0.25, -0.2) is 0 Å². The molecule has 16 heavy (non-hydrogen) atoms. The summed E-state index contributed by atoms with van der Waals surface area (Å²) in [6.45, 7) is 0.835. The number of thiophene rings is 1. The molecule has 2 aromatic rings. The van der Waals surface area contributed by atoms with Gasteiger partial charge in [-0.1, -0.05) is 18.2 Å². The topological polar surface area (TPSA) is 9.23 Å². The van der Waals surface area contributed by atoms with Crippen LogP contribution in [0.2, 0.25) is 0 Å². The van der Waals surface area contributed by atoms with E-state index in [-0.39, 0.29) is 6.10 Å². The van der Waals surface area contributed by atoms with Gasteiger partial charge in [0.2, 0.25) is 0 Å². The van der Waals surface area contributed by atoms with Gasteiger partial charge >= 0.3 is 0 Å². The largest absolute Gasteiger partial charge is 0.373 e. The molecule has 0 N–H and O–H groups in total. The molecule has 0 saturated heterocycles. The Morgan fingerprint density at radius 3 is 3.12 bits per heavy atom. The van der Waals surface area contributed by atoms with Crippen LogP contribution in [0.1, 0.15) is 23.0 Å². The van der Waals surface area contributed by atoms with E-state index in [0.29, 0.717) is 5.88 Å². The Labute approximate surface area is 104 Å². The number of halogens is 1. The van der Waals surface area contributed by atoms with Gasteiger partial charge < -0.3 is 4.74 Å². The smallest absolute Gasteiger partial charge is 0.0853 e. The van der Waals surface area contributed by atoms with E-state index in [9.17, 15) is 0 Å². The molecule has 0 spiro atoms. The van der Waals surface area contributed by atoms with Gasteiger partial charge in [0.15, 0.2) is 0 Å². The Hall–Kier alpha value is -0.570. The van der Waals surface area contributed by atoms with Crippen molar-refractivity contribution in [2.45, 2.75) is 18.9 Å². The highest BCUT2D eigenvalue weighted by molar-refractivity contribution is 7.19. The van der Waals surface area contributed by atoms with E-state index in [2.05, 4.69) is 24.3 Å². The number of ether oxygens (including phenoxy) is 1. The summed E-state index contributed by atoms with van der Waals surface area (Å²) < 4.78 is 7.21. The van der Waals surface area contributed by atoms with Crippen molar-refractivity contribution in [3.05, 3.63) is 34.7 Å². The van der Waals surface area contributed by atoms with Crippen LogP contribution < -0.4 is 0 Å². The maximum absolute atomic E-state index is 5.84. The molecule has 0 radical (unpaired) electrons. The molecule has 1 nitrogen and oxygen atoms in total. The molecule has 1 aromatic heterocycles. The standard InChI is InChI=1S/C13H13ClOS/c14-7-5-10-13-9-3-1-2-4-11(9)16-12(13)6-8-15-10/h1-4,10H,5-8H2. The van der Waals surface area contributed by atoms with Crippen LogP contribution in [-0.4, -0.2) is 12.5 Å². The molecule has 1 atom stereocenters. The number of hydrogen-bond donors (Lipinski definition) is 0. The molecular formula is C13H13ClOS. The minimum Gasteiger partial charge on any atom is -0.373 e. The summed E-state index contributed by atoms with van der Waals surface area (Å²) in [6, 6.07) is 8.58. The molecule has 2 heterocycles. The second kappa shape index (κ2) is 4.36. The van der Waals surface area contributed by atoms with Gasteiger partial charge in [0.25, 0.3) is 0 Å². The van der Waals surface area contributed by atoms with Crippen molar-refractivity contribution < 1.29 is 4.74 Å². The molecule has 1 aliphatic heterocycles. The summed E-state index contributed by atoms with van der Waals surface area (Å²) in [6.07, 6.45) is 2.17. The lowest BCUT2D eigenvalue weighted by molar-refractivity contribution is 0.0428. The van der Waals surface area contributed by atoms with E-state index in [1.165, 1.54) is 20.5 Å². The molecule has 0 bridgehead atoms. The first-order valence-corrected chi connectivity index (χ1v) is 6.93. The van der Waals surface area contributed by atoms with Crippen LogP contribution in [-0.2, 0) is 11.2 Å². The van der Waals surface area contributed by atoms with Crippen LogP contribution in [0, 0.1) is 0 Å². The molecule has 0 aliphatic carbocycles. The SMILES string of the molecule is ClCCC1OCCc2sc3ccccc3c21. The second-order valence-electron chi connectivity index (χ2n) is 4.02. The molecule has 1 unspecified atom stereocenters. The molecule has 0 fully saturated rings. The average molecular weight is 253 g/mol. The summed E-state index contributed by atoms with van der Waals surface area (Å²) in [4.78, 5) is 1.49. The van der Waals surface area contributed by atoms with Gasteiger partial charge in [-0.2, -0.15) is 0 Å². The number of alkyl halides is 1. The van der Waals surface area contributed by atoms with Crippen molar-refractivity contribution in [2.24, 2.45) is 0 Å². The Balaban J connectivity index is 2.16. The molecule has 3 rings (SSSR count). The Morgan fingerprint density at radius 1 is 1.38 bits per heavy atom. The molecule has 0 amide bonds. The minimum absolute atomic E-state index is 0.206. The molecule has 1 aromatic carbocycles. The van der Waals surface area contributed by atoms with Crippen molar-refractivity contribution in [3.8, 4) is 0 Å². The van der Waals surface area contributed by atoms with Gasteiger partial charge in [0, 0.05) is 27.4 Å². The number of benzene rings is 1. The highest BCUT2D eigenvalue weighted by Crippen LogP contribution is 2.41. The van der Waals surface area contributed by atoms with Crippen molar-refractivity contribution in [1.29, 1.82) is 0 Å². The normalized spacial score (nSPS) is 19.9. The summed E-state index contributed by atoms with van der Waals surface area (Å²) in [7, 11) is 0. The Kier molecular flexibility index (Phi) is 2.88. The molecule has 84 valence electrons. The Morgan fingerprint density at radius 2 is 2.25 bits per heavy atom. The van der Waals surface area contributed by atoms with E-state index in [4.69, 9.17) is 16.3 Å². The molecular weight excluding hydrogens is 240 g/mol. The van der Waals surface area contributed by atoms with Gasteiger partial charge in [-0.3, -0.25) is 0 Å². The van der Waals surface area contributed by atoms with Gasteiger partial charge in [-0.05, 0) is 17.9 Å². The van der Waals surface area contributed by atoms with Crippen molar-refractivity contribution in [2.75, 3.05) is 12.5 Å². The third kappa shape index (κ3) is 1.65. The van der Waals surface area contributed by atoms with Gasteiger partial charge in [-0.15, -0.1) is 22.9 Å². The lowest BCUT2D eigenvalue weighted by Crippen LogP contribution is -2.14. The van der Waals surface area contributed by atoms with E-state index in [1.54, 1.807) is 0 Å². The minimum atomic E-state index is 0.206. The van der Waals surface area contributed by atoms with Crippen LogP contribution in [0.15, 0.2) is 24.3 Å². The van der Waals surface area contributed by atoms with Crippen LogP contribution in [0.5, 0.6) is 0 Å². The van der Waals surface area contributed by atoms with E-state index >= 15 is 0 Å². The van der Waals surface area contributed by atoms with Crippen molar-refractivity contribution in [1.82, 2.24) is 0 Å². The fourth-order valence-corrected chi connectivity index (χ4v) is 3.79. The summed E-state index contributed by atoms with van der Waals surface area (Å²) >= 11 is 7.75. The van der Waals surface area contributed by atoms with Crippen LogP contribution in [0.4, 0.5) is 0 Å². The predicted molar refractivity (Wildman–Crippen MR) is 69.6 cm³/mol. The highest BCUT2D eigenvalue weighted by Gasteiger charge is 2.24. The lowest BCUT2D eigenvalue weighted by Gasteiger charge is -2.23. The van der Waals surface area contributed by atoms with E-state index in [1.807, 2.05) is 11.3 Å². The van der Waals surface area contributed by atoms with E-state index < -0.39 is 0 Å². The van der Waals surface area contributed by atoms with E-state index in [0.717, 1.165) is 19.4 Å². The first-order valence-electron chi connectivity index (χ1n) is 5.58. The summed E-state index contributed by atoms with van der Waals surface area (Å²) in [5.74, 6) is 0.661. The first-order chi connectivity index (χ1) is 7.90. The predicted octanol–water partition coefficient (Wildman–Crippen LogP) is 4.14. The summed E-state index contributed by atoms with van der Waals surface area (Å²) in [5.41, 5.74) is 1.40. The molecule has 0 saturated carbocycles. The zero-order valence-electron chi connectivity index (χ0n) is 8.91. The fraction of sp³-hybridized carbons (Fsp3) is 0.385. The lowest BCUT2D eigenvalue weighted by atomic mass is 10.00. The third-order valence-corrected chi connectivity index (χ3v) is 4.52. The number of fused-ring (bicyclic) bond motifs is 3. The van der Waals surface area contributed by atoms with Crippen LogP contribution in [0.3, 0.4) is 0 Å². The molecule has 1 aliphatic rings. The second-order valence-corrected chi connectivity index (χ2v) is 5.54. The summed E-state index contributed by atoms with van der Waals surface area (Å²) in [5, 5.41) is 1.36. The number of hydrogen-bond acceptors (Lipinski definition) is 2. The average Bonchev–Trinajstić information content (AvgIpc) is 2.68. The monoisotopic (exact) mass is 252 g/mol. The van der Waals surface area contributed by atoms with Gasteiger partial charge in [0.05, 0.1) is 12.7 Å². The van der Waals surface area contributed by atoms with Crippen molar-refractivity contribution in [3.63, 3.8) is 0 Å². The highest BCUT2D eigenvalue weighted by atomic mass is 35.5. The fourth-order valence-electron chi connectivity index (χ4n) is 2.36. The Bertz CT molecular complexity index is 506. The first kappa shape index (κ1) is 10.6. The maximum atomic E-state index is 5.84. The van der Waals surface area contributed by atoms with Gasteiger partial charge in [0.1, 0.15) is 0 Å². The van der Waals surface area contributed by atoms with Crippen molar-refractivity contribution >= 4 is 33.0 Å². The van der Waals surface area contributed by atoms with Crippen LogP contribution in [0.25, 0.3) is 10.1 Å². The van der Waals surface area contributed by atoms with Crippen LogP contribution >= 0.6 is 22.9 Å². The third-order valence-electron chi connectivity index (χ3n) is 3.05. The maximum Gasteiger partial charge on any atom is 0.0853 e. The zero-order chi connectivity index (χ0) is 11.0. The molecule has 3 heteroatoms. The quantitative estimate of drug-likeness (QED) is 0.730.